The number of hydrogen-bond acceptors (Lipinski definition) is 3. The summed E-state index contributed by atoms with van der Waals surface area (Å²) in [4.78, 5) is 26.8. The van der Waals surface area contributed by atoms with E-state index < -0.39 is 6.09 Å². The second kappa shape index (κ2) is 10.9. The van der Waals surface area contributed by atoms with Crippen molar-refractivity contribution in [2.45, 2.75) is 64.3 Å². The first kappa shape index (κ1) is 22.0. The molecule has 2 aliphatic heterocycles. The van der Waals surface area contributed by atoms with Crippen LogP contribution in [0.2, 0.25) is 0 Å². The third-order valence-electron chi connectivity index (χ3n) is 5.83. The zero-order valence-electron chi connectivity index (χ0n) is 15.4. The van der Waals surface area contributed by atoms with E-state index >= 15 is 0 Å². The number of halogens is 1. The monoisotopic (exact) mass is 375 g/mol. The topological polar surface area (TPSA) is 86.9 Å². The smallest absolute Gasteiger partial charge is 0.407 e. The molecule has 0 saturated carbocycles. The molecule has 2 aliphatic rings. The third-order valence-corrected chi connectivity index (χ3v) is 5.83. The van der Waals surface area contributed by atoms with Gasteiger partial charge < -0.3 is 20.6 Å². The van der Waals surface area contributed by atoms with E-state index in [2.05, 4.69) is 6.92 Å². The third kappa shape index (κ3) is 6.66. The van der Waals surface area contributed by atoms with E-state index in [1.54, 1.807) is 0 Å². The molecule has 0 aromatic heterocycles. The fourth-order valence-electron chi connectivity index (χ4n) is 3.96. The molecule has 2 amide bonds. The summed E-state index contributed by atoms with van der Waals surface area (Å²) in [5.41, 5.74) is 6.12. The molecule has 2 saturated heterocycles. The number of amides is 2. The quantitative estimate of drug-likeness (QED) is 0.747. The van der Waals surface area contributed by atoms with Gasteiger partial charge in [0, 0.05) is 26.2 Å². The molecule has 2 heterocycles. The number of likely N-dealkylation sites (tertiary alicyclic amines) is 2. The number of carbonyl (C=O) groups is 2. The van der Waals surface area contributed by atoms with E-state index in [0.29, 0.717) is 19.0 Å². The van der Waals surface area contributed by atoms with Crippen LogP contribution in [0.15, 0.2) is 0 Å². The van der Waals surface area contributed by atoms with Gasteiger partial charge in [-0.25, -0.2) is 4.79 Å². The van der Waals surface area contributed by atoms with Crippen LogP contribution in [-0.2, 0) is 4.79 Å². The highest BCUT2D eigenvalue weighted by Gasteiger charge is 2.26. The van der Waals surface area contributed by atoms with Crippen molar-refractivity contribution in [2.24, 2.45) is 17.6 Å². The van der Waals surface area contributed by atoms with Crippen LogP contribution >= 0.6 is 12.4 Å². The highest BCUT2D eigenvalue weighted by Crippen LogP contribution is 2.24. The molecule has 0 bridgehead atoms. The van der Waals surface area contributed by atoms with E-state index in [1.807, 2.05) is 4.90 Å². The number of hydrogen-bond donors (Lipinski definition) is 2. The molecular weight excluding hydrogens is 342 g/mol. The maximum absolute atomic E-state index is 12.4. The van der Waals surface area contributed by atoms with Crippen molar-refractivity contribution in [3.63, 3.8) is 0 Å². The lowest BCUT2D eigenvalue weighted by atomic mass is 9.90. The van der Waals surface area contributed by atoms with Gasteiger partial charge in [0.25, 0.3) is 0 Å². The van der Waals surface area contributed by atoms with Crippen LogP contribution < -0.4 is 5.73 Å². The van der Waals surface area contributed by atoms with Gasteiger partial charge in [-0.05, 0) is 43.9 Å². The lowest BCUT2D eigenvalue weighted by Gasteiger charge is -2.33. The van der Waals surface area contributed by atoms with Crippen LogP contribution in [0.1, 0.15) is 58.3 Å². The molecule has 0 aromatic rings. The van der Waals surface area contributed by atoms with Crippen molar-refractivity contribution in [1.82, 2.24) is 9.80 Å². The zero-order valence-corrected chi connectivity index (χ0v) is 16.2. The molecule has 25 heavy (non-hydrogen) atoms. The van der Waals surface area contributed by atoms with Crippen molar-refractivity contribution in [1.29, 1.82) is 0 Å². The van der Waals surface area contributed by atoms with Gasteiger partial charge in [-0.15, -0.1) is 12.4 Å². The molecule has 1 atom stereocenters. The second-order valence-corrected chi connectivity index (χ2v) is 7.43. The van der Waals surface area contributed by atoms with E-state index in [1.165, 1.54) is 11.3 Å². The summed E-state index contributed by atoms with van der Waals surface area (Å²) >= 11 is 0. The fourth-order valence-corrected chi connectivity index (χ4v) is 3.96. The maximum atomic E-state index is 12.4. The zero-order chi connectivity index (χ0) is 17.5. The van der Waals surface area contributed by atoms with Crippen molar-refractivity contribution >= 4 is 24.4 Å². The number of carbonyl (C=O) groups excluding carboxylic acids is 1. The molecule has 7 heteroatoms. The minimum Gasteiger partial charge on any atom is -0.465 e. The van der Waals surface area contributed by atoms with E-state index in [0.717, 1.165) is 64.0 Å². The molecule has 0 spiro atoms. The molecule has 3 N–H and O–H groups in total. The molecule has 0 unspecified atom stereocenters. The van der Waals surface area contributed by atoms with Gasteiger partial charge in [0.15, 0.2) is 0 Å². The predicted molar refractivity (Wildman–Crippen MR) is 101 cm³/mol. The predicted octanol–water partition coefficient (Wildman–Crippen LogP) is 2.94. The minimum absolute atomic E-state index is 0. The van der Waals surface area contributed by atoms with E-state index in [-0.39, 0.29) is 24.4 Å². The molecule has 0 aliphatic carbocycles. The Balaban J connectivity index is 0.00000312. The van der Waals surface area contributed by atoms with Gasteiger partial charge in [-0.1, -0.05) is 26.2 Å². The van der Waals surface area contributed by atoms with E-state index in [4.69, 9.17) is 10.8 Å². The Morgan fingerprint density at radius 2 is 1.56 bits per heavy atom. The Morgan fingerprint density at radius 3 is 2.08 bits per heavy atom. The highest BCUT2D eigenvalue weighted by molar-refractivity contribution is 5.85. The number of nitrogens with two attached hydrogens (primary N) is 1. The SMILES string of the molecule is CCC1CCN(C(=O)[C@@H](N)CCCC2CCN(C(=O)O)CC2)CC1.Cl. The van der Waals surface area contributed by atoms with E-state index in [9.17, 15) is 9.59 Å². The van der Waals surface area contributed by atoms with Crippen molar-refractivity contribution in [2.75, 3.05) is 26.2 Å². The average Bonchev–Trinajstić information content (AvgIpc) is 2.61. The van der Waals surface area contributed by atoms with Crippen LogP contribution in [-0.4, -0.2) is 59.1 Å². The lowest BCUT2D eigenvalue weighted by Crippen LogP contribution is -2.47. The number of carboxylic acid groups (broad SMARTS) is 1. The summed E-state index contributed by atoms with van der Waals surface area (Å²) in [5, 5.41) is 8.96. The van der Waals surface area contributed by atoms with Crippen molar-refractivity contribution in [3.8, 4) is 0 Å². The molecule has 2 rings (SSSR count). The molecule has 146 valence electrons. The Labute approximate surface area is 157 Å². The van der Waals surface area contributed by atoms with Crippen LogP contribution in [0.3, 0.4) is 0 Å². The Kier molecular flexibility index (Phi) is 9.57. The molecule has 2 fully saturated rings. The van der Waals surface area contributed by atoms with Crippen molar-refractivity contribution in [3.05, 3.63) is 0 Å². The second-order valence-electron chi connectivity index (χ2n) is 7.43. The Bertz CT molecular complexity index is 420. The number of rotatable bonds is 6. The first-order valence-electron chi connectivity index (χ1n) is 9.53. The van der Waals surface area contributed by atoms with Gasteiger partial charge >= 0.3 is 6.09 Å². The highest BCUT2D eigenvalue weighted by atomic mass is 35.5. The van der Waals surface area contributed by atoms with Crippen LogP contribution in [0.4, 0.5) is 4.79 Å². The summed E-state index contributed by atoms with van der Waals surface area (Å²) in [6.45, 7) is 5.21. The first-order chi connectivity index (χ1) is 11.5. The summed E-state index contributed by atoms with van der Waals surface area (Å²) in [5.74, 6) is 1.45. The normalized spacial score (nSPS) is 20.9. The van der Waals surface area contributed by atoms with Gasteiger partial charge in [0.05, 0.1) is 6.04 Å². The lowest BCUT2D eigenvalue weighted by molar-refractivity contribution is -0.134. The molecular formula is C18H34ClN3O3. The molecule has 0 radical (unpaired) electrons. The van der Waals surface area contributed by atoms with Gasteiger partial charge in [0.1, 0.15) is 0 Å². The Morgan fingerprint density at radius 1 is 1.04 bits per heavy atom. The minimum atomic E-state index is -0.812. The number of nitrogens with zero attached hydrogens (tertiary/aromatic N) is 2. The average molecular weight is 376 g/mol. The van der Waals surface area contributed by atoms with Crippen molar-refractivity contribution < 1.29 is 14.7 Å². The molecule has 6 nitrogen and oxygen atoms in total. The molecule has 0 aromatic carbocycles. The summed E-state index contributed by atoms with van der Waals surface area (Å²) in [6.07, 6.45) is 7.21. The van der Waals surface area contributed by atoms with Crippen LogP contribution in [0.25, 0.3) is 0 Å². The van der Waals surface area contributed by atoms with Crippen LogP contribution in [0, 0.1) is 11.8 Å². The fraction of sp³-hybridized carbons (Fsp3) is 0.889. The summed E-state index contributed by atoms with van der Waals surface area (Å²) in [6, 6.07) is -0.373. The van der Waals surface area contributed by atoms with Gasteiger partial charge in [-0.3, -0.25) is 4.79 Å². The van der Waals surface area contributed by atoms with Crippen LogP contribution in [0.5, 0.6) is 0 Å². The standard InChI is InChI=1S/C18H33N3O3.ClH/c1-2-14-6-10-20(11-7-14)17(22)16(19)5-3-4-15-8-12-21(13-9-15)18(23)24;/h14-16H,2-13,19H2,1H3,(H,23,24);1H/t16-;/m0./s1. The number of piperidine rings is 2. The van der Waals surface area contributed by atoms with Gasteiger partial charge in [-0.2, -0.15) is 0 Å². The maximum Gasteiger partial charge on any atom is 0.407 e. The Hall–Kier alpha value is -1.01. The summed E-state index contributed by atoms with van der Waals surface area (Å²) in [7, 11) is 0. The van der Waals surface area contributed by atoms with Gasteiger partial charge in [0.2, 0.25) is 5.91 Å². The largest absolute Gasteiger partial charge is 0.465 e. The summed E-state index contributed by atoms with van der Waals surface area (Å²) < 4.78 is 0. The first-order valence-corrected chi connectivity index (χ1v) is 9.53.